The summed E-state index contributed by atoms with van der Waals surface area (Å²) >= 11 is 0. The number of likely N-dealkylation sites (tertiary alicyclic amines) is 1. The summed E-state index contributed by atoms with van der Waals surface area (Å²) in [5, 5.41) is 9.06. The van der Waals surface area contributed by atoms with Crippen LogP contribution < -0.4 is 10.6 Å². The van der Waals surface area contributed by atoms with E-state index >= 15 is 0 Å². The first-order chi connectivity index (χ1) is 16.5. The number of nitrogens with two attached hydrogens (primary N) is 1. The fraction of sp³-hybridized carbons (Fsp3) is 0.480. The normalized spacial score (nSPS) is 21.3. The first-order valence-corrected chi connectivity index (χ1v) is 11.5. The minimum atomic E-state index is -4.66. The lowest BCUT2D eigenvalue weighted by Gasteiger charge is -2.36. The molecule has 4 rings (SSSR count). The fourth-order valence-corrected chi connectivity index (χ4v) is 5.42. The van der Waals surface area contributed by atoms with Crippen molar-refractivity contribution in [3.8, 4) is 6.07 Å². The smallest absolute Gasteiger partial charge is 0.417 e. The number of hydrogen-bond acceptors (Lipinski definition) is 5. The zero-order valence-electron chi connectivity index (χ0n) is 19.6. The van der Waals surface area contributed by atoms with Gasteiger partial charge in [-0.3, -0.25) is 9.59 Å². The molecular weight excluding hydrogens is 461 g/mol. The molecule has 0 saturated carbocycles. The van der Waals surface area contributed by atoms with E-state index in [1.807, 2.05) is 0 Å². The molecule has 2 fully saturated rings. The zero-order chi connectivity index (χ0) is 25.5. The molecule has 2 amide bonds. The molecule has 7 nitrogen and oxygen atoms in total. The standard InChI is InChI=1S/C25H27F3N4O3/c1-14-9-19(15(2)35-14)24(34)31-7-5-16(6-8-31)20-12-32(13-21(20)23(30)33)18-4-3-17(11-29)22(10-18)25(26,27)28/h3-4,9-10,16,20-21H,5-8,12-13H2,1-2H3,(H2,30,33)/t20-,21+/m0/s1. The van der Waals surface area contributed by atoms with E-state index in [1.54, 1.807) is 35.8 Å². The monoisotopic (exact) mass is 488 g/mol. The van der Waals surface area contributed by atoms with Gasteiger partial charge in [0.25, 0.3) is 5.91 Å². The van der Waals surface area contributed by atoms with Gasteiger partial charge in [0.15, 0.2) is 0 Å². The minimum Gasteiger partial charge on any atom is -0.466 e. The van der Waals surface area contributed by atoms with E-state index in [4.69, 9.17) is 15.4 Å². The van der Waals surface area contributed by atoms with E-state index < -0.39 is 29.1 Å². The molecule has 3 heterocycles. The average molecular weight is 489 g/mol. The number of aryl methyl sites for hydroxylation is 2. The Hall–Kier alpha value is -3.48. The second-order valence-corrected chi connectivity index (χ2v) is 9.37. The third-order valence-electron chi connectivity index (χ3n) is 7.23. The molecule has 0 radical (unpaired) electrons. The Balaban J connectivity index is 1.48. The van der Waals surface area contributed by atoms with Crippen LogP contribution in [0.2, 0.25) is 0 Å². The number of hydrogen-bond donors (Lipinski definition) is 1. The van der Waals surface area contributed by atoms with Gasteiger partial charge in [-0.05, 0) is 62.8 Å². The topological polar surface area (TPSA) is 104 Å². The van der Waals surface area contributed by atoms with E-state index in [9.17, 15) is 22.8 Å². The molecular formula is C25H27F3N4O3. The SMILES string of the molecule is Cc1cc(C(=O)N2CCC([C@@H]3CN(c4ccc(C#N)c(C(F)(F)F)c4)C[C@H]3C(N)=O)CC2)c(C)o1. The Morgan fingerprint density at radius 2 is 1.83 bits per heavy atom. The van der Waals surface area contributed by atoms with Crippen LogP contribution in [0, 0.1) is 42.9 Å². The van der Waals surface area contributed by atoms with Crippen LogP contribution in [0.25, 0.3) is 0 Å². The zero-order valence-corrected chi connectivity index (χ0v) is 19.6. The van der Waals surface area contributed by atoms with Crippen molar-refractivity contribution in [1.82, 2.24) is 4.90 Å². The predicted molar refractivity (Wildman–Crippen MR) is 121 cm³/mol. The fourth-order valence-electron chi connectivity index (χ4n) is 5.42. The third-order valence-corrected chi connectivity index (χ3v) is 7.23. The highest BCUT2D eigenvalue weighted by Gasteiger charge is 2.43. The Kier molecular flexibility index (Phi) is 6.54. The third kappa shape index (κ3) is 4.85. The number of nitrogens with zero attached hydrogens (tertiary/aromatic N) is 3. The van der Waals surface area contributed by atoms with Crippen LogP contribution in [0.3, 0.4) is 0 Å². The minimum absolute atomic E-state index is 0.0884. The van der Waals surface area contributed by atoms with Crippen LogP contribution in [0.1, 0.15) is 45.8 Å². The Morgan fingerprint density at radius 1 is 1.14 bits per heavy atom. The van der Waals surface area contributed by atoms with Crippen LogP contribution in [-0.2, 0) is 11.0 Å². The molecule has 10 heteroatoms. The number of halogens is 3. The number of piperidine rings is 1. The molecule has 35 heavy (non-hydrogen) atoms. The lowest BCUT2D eigenvalue weighted by atomic mass is 9.78. The van der Waals surface area contributed by atoms with Gasteiger partial charge in [-0.15, -0.1) is 0 Å². The number of furan rings is 1. The van der Waals surface area contributed by atoms with Crippen molar-refractivity contribution in [2.24, 2.45) is 23.5 Å². The lowest BCUT2D eigenvalue weighted by Crippen LogP contribution is -2.42. The molecule has 2 aromatic rings. The Labute approximate surface area is 201 Å². The molecule has 0 unspecified atom stereocenters. The maximum Gasteiger partial charge on any atom is 0.417 e. The molecule has 1 aromatic carbocycles. The number of nitriles is 1. The second-order valence-electron chi connectivity index (χ2n) is 9.37. The molecule has 1 aromatic heterocycles. The molecule has 0 bridgehead atoms. The van der Waals surface area contributed by atoms with Gasteiger partial charge in [-0.1, -0.05) is 0 Å². The van der Waals surface area contributed by atoms with E-state index in [0.717, 1.165) is 12.1 Å². The highest BCUT2D eigenvalue weighted by Crippen LogP contribution is 2.40. The number of amides is 2. The van der Waals surface area contributed by atoms with Crippen LogP contribution in [-0.4, -0.2) is 42.9 Å². The number of carbonyl (C=O) groups is 2. The van der Waals surface area contributed by atoms with Gasteiger partial charge in [0.05, 0.1) is 28.7 Å². The maximum absolute atomic E-state index is 13.4. The van der Waals surface area contributed by atoms with Gasteiger partial charge >= 0.3 is 6.18 Å². The van der Waals surface area contributed by atoms with Crippen molar-refractivity contribution in [2.45, 2.75) is 32.9 Å². The lowest BCUT2D eigenvalue weighted by molar-refractivity contribution is -0.137. The van der Waals surface area contributed by atoms with Crippen molar-refractivity contribution in [3.63, 3.8) is 0 Å². The molecule has 2 N–H and O–H groups in total. The highest BCUT2D eigenvalue weighted by atomic mass is 19.4. The van der Waals surface area contributed by atoms with Gasteiger partial charge in [0, 0.05) is 31.9 Å². The van der Waals surface area contributed by atoms with Gasteiger partial charge < -0.3 is 20.0 Å². The molecule has 186 valence electrons. The van der Waals surface area contributed by atoms with Gasteiger partial charge in [0.1, 0.15) is 11.5 Å². The van der Waals surface area contributed by atoms with Gasteiger partial charge in [-0.25, -0.2) is 0 Å². The summed E-state index contributed by atoms with van der Waals surface area (Å²) in [5.41, 5.74) is 5.11. The van der Waals surface area contributed by atoms with E-state index in [-0.39, 0.29) is 24.3 Å². The van der Waals surface area contributed by atoms with Crippen LogP contribution in [0.15, 0.2) is 28.7 Å². The van der Waals surface area contributed by atoms with Gasteiger partial charge in [-0.2, -0.15) is 18.4 Å². The number of rotatable bonds is 4. The Morgan fingerprint density at radius 3 is 2.37 bits per heavy atom. The van der Waals surface area contributed by atoms with Crippen molar-refractivity contribution in [3.05, 3.63) is 52.5 Å². The van der Waals surface area contributed by atoms with E-state index in [1.165, 1.54) is 6.07 Å². The maximum atomic E-state index is 13.4. The van der Waals surface area contributed by atoms with Crippen molar-refractivity contribution in [2.75, 3.05) is 31.1 Å². The van der Waals surface area contributed by atoms with Crippen LogP contribution >= 0.6 is 0 Å². The number of carbonyl (C=O) groups excluding carboxylic acids is 2. The molecule has 2 aliphatic heterocycles. The molecule has 2 aliphatic rings. The molecule has 2 atom stereocenters. The Bertz CT molecular complexity index is 1180. The van der Waals surface area contributed by atoms with E-state index in [0.29, 0.717) is 55.2 Å². The number of alkyl halides is 3. The molecule has 0 aliphatic carbocycles. The largest absolute Gasteiger partial charge is 0.466 e. The summed E-state index contributed by atoms with van der Waals surface area (Å²) in [6.45, 7) is 5.18. The van der Waals surface area contributed by atoms with E-state index in [2.05, 4.69) is 0 Å². The number of benzene rings is 1. The summed E-state index contributed by atoms with van der Waals surface area (Å²) in [6.07, 6.45) is -3.31. The van der Waals surface area contributed by atoms with Gasteiger partial charge in [0.2, 0.25) is 5.91 Å². The molecule has 0 spiro atoms. The van der Waals surface area contributed by atoms with Crippen molar-refractivity contribution >= 4 is 17.5 Å². The van der Waals surface area contributed by atoms with Crippen LogP contribution in [0.4, 0.5) is 18.9 Å². The summed E-state index contributed by atoms with van der Waals surface area (Å²) in [5.74, 6) is 0.149. The second kappa shape index (κ2) is 9.29. The summed E-state index contributed by atoms with van der Waals surface area (Å²) in [6, 6.07) is 6.92. The average Bonchev–Trinajstić information content (AvgIpc) is 3.41. The summed E-state index contributed by atoms with van der Waals surface area (Å²) in [7, 11) is 0. The molecule has 2 saturated heterocycles. The first kappa shape index (κ1) is 24.6. The quantitative estimate of drug-likeness (QED) is 0.704. The first-order valence-electron chi connectivity index (χ1n) is 11.5. The van der Waals surface area contributed by atoms with Crippen LogP contribution in [0.5, 0.6) is 0 Å². The summed E-state index contributed by atoms with van der Waals surface area (Å²) < 4.78 is 45.8. The number of anilines is 1. The number of primary amides is 1. The summed E-state index contributed by atoms with van der Waals surface area (Å²) in [4.78, 5) is 28.7. The van der Waals surface area contributed by atoms with Crippen molar-refractivity contribution < 1.29 is 27.2 Å². The predicted octanol–water partition coefficient (Wildman–Crippen LogP) is 3.88. The van der Waals surface area contributed by atoms with Crippen molar-refractivity contribution in [1.29, 1.82) is 5.26 Å². The highest BCUT2D eigenvalue weighted by molar-refractivity contribution is 5.95.